The Morgan fingerprint density at radius 2 is 2.07 bits per heavy atom. The summed E-state index contributed by atoms with van der Waals surface area (Å²) in [6.45, 7) is 5.82. The van der Waals surface area contributed by atoms with Gasteiger partial charge in [0.25, 0.3) is 0 Å². The second kappa shape index (κ2) is 6.83. The summed E-state index contributed by atoms with van der Waals surface area (Å²) in [5.41, 5.74) is 0. The fraction of sp³-hybridized carbons (Fsp3) is 0.917. The van der Waals surface area contributed by atoms with E-state index in [1.165, 1.54) is 25.7 Å². The van der Waals surface area contributed by atoms with Gasteiger partial charge in [0.05, 0.1) is 0 Å². The molecule has 1 saturated carbocycles. The summed E-state index contributed by atoms with van der Waals surface area (Å²) in [7, 11) is 0. The maximum Gasteiger partial charge on any atom is 0.221 e. The van der Waals surface area contributed by atoms with E-state index in [1.54, 1.807) is 0 Å². The molecule has 1 fully saturated rings. The maximum atomic E-state index is 11.2. The number of amides is 1. The summed E-state index contributed by atoms with van der Waals surface area (Å²) >= 11 is 0. The summed E-state index contributed by atoms with van der Waals surface area (Å²) in [6, 6.07) is 0.633. The Bertz CT molecular complexity index is 194. The van der Waals surface area contributed by atoms with Crippen LogP contribution in [0.5, 0.6) is 0 Å². The standard InChI is InChI=1S/C12H24N2O/c1-3-13-12(15)8-9-14-11-7-5-4-6-10(11)2/h10-11,14H,3-9H2,1-2H3,(H,13,15). The van der Waals surface area contributed by atoms with Crippen molar-refractivity contribution >= 4 is 5.91 Å². The highest BCUT2D eigenvalue weighted by Crippen LogP contribution is 2.23. The molecule has 0 aromatic rings. The van der Waals surface area contributed by atoms with Crippen LogP contribution in [0, 0.1) is 5.92 Å². The highest BCUT2D eigenvalue weighted by molar-refractivity contribution is 5.75. The summed E-state index contributed by atoms with van der Waals surface area (Å²) in [5, 5.41) is 6.32. The van der Waals surface area contributed by atoms with Crippen LogP contribution in [0.4, 0.5) is 0 Å². The number of carbonyl (C=O) groups is 1. The Labute approximate surface area is 93.0 Å². The second-order valence-electron chi connectivity index (χ2n) is 4.53. The van der Waals surface area contributed by atoms with Crippen molar-refractivity contribution < 1.29 is 4.79 Å². The van der Waals surface area contributed by atoms with Crippen LogP contribution in [0.3, 0.4) is 0 Å². The van der Waals surface area contributed by atoms with Crippen molar-refractivity contribution in [2.75, 3.05) is 13.1 Å². The van der Waals surface area contributed by atoms with Crippen molar-refractivity contribution in [1.82, 2.24) is 10.6 Å². The van der Waals surface area contributed by atoms with Crippen molar-refractivity contribution in [1.29, 1.82) is 0 Å². The van der Waals surface area contributed by atoms with Crippen molar-refractivity contribution in [3.8, 4) is 0 Å². The predicted octanol–water partition coefficient (Wildman–Crippen LogP) is 1.68. The highest BCUT2D eigenvalue weighted by atomic mass is 16.1. The first kappa shape index (κ1) is 12.5. The van der Waals surface area contributed by atoms with Crippen molar-refractivity contribution in [2.45, 2.75) is 52.0 Å². The molecule has 88 valence electrons. The highest BCUT2D eigenvalue weighted by Gasteiger charge is 2.20. The monoisotopic (exact) mass is 212 g/mol. The van der Waals surface area contributed by atoms with E-state index in [-0.39, 0.29) is 5.91 Å². The fourth-order valence-corrected chi connectivity index (χ4v) is 2.28. The van der Waals surface area contributed by atoms with Crippen LogP contribution in [-0.2, 0) is 4.79 Å². The minimum absolute atomic E-state index is 0.161. The Morgan fingerprint density at radius 3 is 2.73 bits per heavy atom. The molecule has 1 aliphatic carbocycles. The van der Waals surface area contributed by atoms with Crippen LogP contribution in [0.25, 0.3) is 0 Å². The van der Waals surface area contributed by atoms with E-state index >= 15 is 0 Å². The summed E-state index contributed by atoms with van der Waals surface area (Å²) < 4.78 is 0. The molecule has 1 rings (SSSR count). The third kappa shape index (κ3) is 4.65. The van der Waals surface area contributed by atoms with Crippen molar-refractivity contribution in [2.24, 2.45) is 5.92 Å². The van der Waals surface area contributed by atoms with Gasteiger partial charge in [0.1, 0.15) is 0 Å². The Hall–Kier alpha value is -0.570. The molecule has 0 aliphatic heterocycles. The van der Waals surface area contributed by atoms with E-state index < -0.39 is 0 Å². The van der Waals surface area contributed by atoms with Crippen LogP contribution in [0.1, 0.15) is 46.0 Å². The van der Waals surface area contributed by atoms with Crippen LogP contribution in [-0.4, -0.2) is 25.0 Å². The van der Waals surface area contributed by atoms with E-state index in [0.29, 0.717) is 12.5 Å². The van der Waals surface area contributed by atoms with E-state index in [2.05, 4.69) is 17.6 Å². The molecular weight excluding hydrogens is 188 g/mol. The Balaban J connectivity index is 2.10. The summed E-state index contributed by atoms with van der Waals surface area (Å²) in [4.78, 5) is 11.2. The minimum Gasteiger partial charge on any atom is -0.356 e. The molecule has 2 N–H and O–H groups in total. The minimum atomic E-state index is 0.161. The molecule has 0 spiro atoms. The number of rotatable bonds is 5. The lowest BCUT2D eigenvalue weighted by Gasteiger charge is -2.29. The first-order valence-corrected chi connectivity index (χ1v) is 6.24. The molecule has 0 heterocycles. The molecule has 3 heteroatoms. The van der Waals surface area contributed by atoms with Crippen LogP contribution in [0.2, 0.25) is 0 Å². The number of carbonyl (C=O) groups excluding carboxylic acids is 1. The van der Waals surface area contributed by atoms with Gasteiger partial charge >= 0.3 is 0 Å². The lowest BCUT2D eigenvalue weighted by molar-refractivity contribution is -0.120. The lowest BCUT2D eigenvalue weighted by Crippen LogP contribution is -2.39. The van der Waals surface area contributed by atoms with Gasteiger partial charge in [0.15, 0.2) is 0 Å². The number of hydrogen-bond donors (Lipinski definition) is 2. The zero-order valence-electron chi connectivity index (χ0n) is 10.0. The van der Waals surface area contributed by atoms with Gasteiger partial charge in [-0.1, -0.05) is 19.8 Å². The molecule has 0 radical (unpaired) electrons. The topological polar surface area (TPSA) is 41.1 Å². The van der Waals surface area contributed by atoms with E-state index in [4.69, 9.17) is 0 Å². The quantitative estimate of drug-likeness (QED) is 0.728. The zero-order chi connectivity index (χ0) is 11.1. The Kier molecular flexibility index (Phi) is 5.69. The van der Waals surface area contributed by atoms with Gasteiger partial charge < -0.3 is 10.6 Å². The van der Waals surface area contributed by atoms with Gasteiger partial charge in [-0.15, -0.1) is 0 Å². The average Bonchev–Trinajstić information content (AvgIpc) is 2.21. The average molecular weight is 212 g/mol. The van der Waals surface area contributed by atoms with Gasteiger partial charge in [0.2, 0.25) is 5.91 Å². The van der Waals surface area contributed by atoms with Crippen LogP contribution in [0.15, 0.2) is 0 Å². The molecule has 1 amide bonds. The summed E-state index contributed by atoms with van der Waals surface area (Å²) in [6.07, 6.45) is 5.92. The van der Waals surface area contributed by atoms with Gasteiger partial charge in [-0.25, -0.2) is 0 Å². The molecule has 2 atom stereocenters. The van der Waals surface area contributed by atoms with Crippen LogP contribution >= 0.6 is 0 Å². The molecule has 0 aromatic heterocycles. The Morgan fingerprint density at radius 1 is 1.33 bits per heavy atom. The van der Waals surface area contributed by atoms with Crippen molar-refractivity contribution in [3.05, 3.63) is 0 Å². The second-order valence-corrected chi connectivity index (χ2v) is 4.53. The molecule has 0 aromatic carbocycles. The van der Waals surface area contributed by atoms with Gasteiger partial charge in [0, 0.05) is 25.6 Å². The van der Waals surface area contributed by atoms with E-state index in [0.717, 1.165) is 19.0 Å². The lowest BCUT2D eigenvalue weighted by atomic mass is 9.86. The first-order valence-electron chi connectivity index (χ1n) is 6.24. The molecule has 3 nitrogen and oxygen atoms in total. The normalized spacial score (nSPS) is 26.3. The molecule has 1 aliphatic rings. The molecule has 2 unspecified atom stereocenters. The number of hydrogen-bond acceptors (Lipinski definition) is 2. The molecule has 0 bridgehead atoms. The largest absolute Gasteiger partial charge is 0.356 e. The van der Waals surface area contributed by atoms with Gasteiger partial charge in [-0.05, 0) is 25.7 Å². The van der Waals surface area contributed by atoms with Gasteiger partial charge in [-0.2, -0.15) is 0 Å². The van der Waals surface area contributed by atoms with E-state index in [1.807, 2.05) is 6.92 Å². The maximum absolute atomic E-state index is 11.2. The summed E-state index contributed by atoms with van der Waals surface area (Å²) in [5.74, 6) is 0.932. The third-order valence-corrected chi connectivity index (χ3v) is 3.24. The van der Waals surface area contributed by atoms with Crippen molar-refractivity contribution in [3.63, 3.8) is 0 Å². The zero-order valence-corrected chi connectivity index (χ0v) is 10.0. The number of nitrogens with one attached hydrogen (secondary N) is 2. The van der Waals surface area contributed by atoms with Gasteiger partial charge in [-0.3, -0.25) is 4.79 Å². The fourth-order valence-electron chi connectivity index (χ4n) is 2.28. The first-order chi connectivity index (χ1) is 7.24. The molecular formula is C12H24N2O. The van der Waals surface area contributed by atoms with E-state index in [9.17, 15) is 4.79 Å². The predicted molar refractivity (Wildman–Crippen MR) is 62.7 cm³/mol. The van der Waals surface area contributed by atoms with Crippen LogP contribution < -0.4 is 10.6 Å². The molecule has 15 heavy (non-hydrogen) atoms. The molecule has 0 saturated heterocycles. The smallest absolute Gasteiger partial charge is 0.221 e. The third-order valence-electron chi connectivity index (χ3n) is 3.24. The SMILES string of the molecule is CCNC(=O)CCNC1CCCCC1C.